The third-order valence-corrected chi connectivity index (χ3v) is 4.35. The lowest BCUT2D eigenvalue weighted by Crippen LogP contribution is -2.30. The molecule has 6 nitrogen and oxygen atoms in total. The van der Waals surface area contributed by atoms with E-state index in [-0.39, 0.29) is 5.91 Å². The summed E-state index contributed by atoms with van der Waals surface area (Å²) >= 11 is 5.80. The van der Waals surface area contributed by atoms with Gasteiger partial charge < -0.3 is 15.0 Å². The predicted molar refractivity (Wildman–Crippen MR) is 114 cm³/mol. The zero-order valence-corrected chi connectivity index (χ0v) is 17.1. The SMILES string of the molecule is CCN(CC)C(=O)c1ccc(NC(=O)COC(=O)/C=C/c2ccc(Cl)cc2)cc1. The summed E-state index contributed by atoms with van der Waals surface area (Å²) in [6.45, 7) is 4.69. The molecule has 0 aliphatic carbocycles. The van der Waals surface area contributed by atoms with Crippen LogP contribution in [0.15, 0.2) is 54.6 Å². The molecule has 0 spiro atoms. The van der Waals surface area contributed by atoms with E-state index in [4.69, 9.17) is 16.3 Å². The third kappa shape index (κ3) is 7.08. The number of benzene rings is 2. The van der Waals surface area contributed by atoms with Crippen molar-refractivity contribution in [1.82, 2.24) is 4.90 Å². The predicted octanol–water partition coefficient (Wildman–Crippen LogP) is 4.02. The summed E-state index contributed by atoms with van der Waals surface area (Å²) in [5.41, 5.74) is 1.85. The standard InChI is InChI=1S/C22H23ClN2O4/c1-3-25(4-2)22(28)17-8-12-19(13-9-17)24-20(26)15-29-21(27)14-7-16-5-10-18(23)11-6-16/h5-14H,3-4,15H2,1-2H3,(H,24,26)/b14-7+. The number of anilines is 1. The largest absolute Gasteiger partial charge is 0.452 e. The first-order chi connectivity index (χ1) is 13.9. The molecule has 0 heterocycles. The van der Waals surface area contributed by atoms with Crippen LogP contribution in [0.3, 0.4) is 0 Å². The van der Waals surface area contributed by atoms with Crippen molar-refractivity contribution in [2.75, 3.05) is 25.0 Å². The van der Waals surface area contributed by atoms with Crippen molar-refractivity contribution < 1.29 is 19.1 Å². The van der Waals surface area contributed by atoms with E-state index < -0.39 is 18.5 Å². The fourth-order valence-electron chi connectivity index (χ4n) is 2.51. The van der Waals surface area contributed by atoms with Gasteiger partial charge in [0.05, 0.1) is 0 Å². The van der Waals surface area contributed by atoms with E-state index in [9.17, 15) is 14.4 Å². The Bertz CT molecular complexity index is 873. The van der Waals surface area contributed by atoms with Crippen molar-refractivity contribution in [3.63, 3.8) is 0 Å². The number of carbonyl (C=O) groups is 3. The molecular formula is C22H23ClN2O4. The van der Waals surface area contributed by atoms with E-state index in [2.05, 4.69) is 5.32 Å². The smallest absolute Gasteiger partial charge is 0.331 e. The molecule has 0 aromatic heterocycles. The molecule has 0 unspecified atom stereocenters. The minimum atomic E-state index is -0.629. The molecule has 0 atom stereocenters. The number of hydrogen-bond donors (Lipinski definition) is 1. The molecular weight excluding hydrogens is 392 g/mol. The number of nitrogens with zero attached hydrogens (tertiary/aromatic N) is 1. The highest BCUT2D eigenvalue weighted by atomic mass is 35.5. The second kappa shape index (κ2) is 11.0. The number of rotatable bonds is 8. The second-order valence-corrected chi connectivity index (χ2v) is 6.53. The van der Waals surface area contributed by atoms with E-state index in [1.54, 1.807) is 59.5 Å². The molecule has 0 aliphatic heterocycles. The van der Waals surface area contributed by atoms with E-state index >= 15 is 0 Å². The molecule has 2 aromatic carbocycles. The molecule has 0 aliphatic rings. The molecule has 2 amide bonds. The minimum Gasteiger partial charge on any atom is -0.452 e. The summed E-state index contributed by atoms with van der Waals surface area (Å²) in [5, 5.41) is 3.22. The van der Waals surface area contributed by atoms with Crippen LogP contribution < -0.4 is 5.32 Å². The van der Waals surface area contributed by atoms with Crippen molar-refractivity contribution in [2.24, 2.45) is 0 Å². The maximum Gasteiger partial charge on any atom is 0.331 e. The van der Waals surface area contributed by atoms with Crippen molar-refractivity contribution in [1.29, 1.82) is 0 Å². The Morgan fingerprint density at radius 2 is 1.62 bits per heavy atom. The summed E-state index contributed by atoms with van der Waals surface area (Å²) in [4.78, 5) is 37.6. The molecule has 1 N–H and O–H groups in total. The van der Waals surface area contributed by atoms with E-state index in [0.717, 1.165) is 5.56 Å². The molecule has 7 heteroatoms. The summed E-state index contributed by atoms with van der Waals surface area (Å²) in [6, 6.07) is 13.5. The van der Waals surface area contributed by atoms with Crippen LogP contribution in [-0.4, -0.2) is 42.4 Å². The summed E-state index contributed by atoms with van der Waals surface area (Å²) < 4.78 is 4.92. The Hall–Kier alpha value is -3.12. The van der Waals surface area contributed by atoms with Crippen LogP contribution in [-0.2, 0) is 14.3 Å². The first-order valence-electron chi connectivity index (χ1n) is 9.22. The highest BCUT2D eigenvalue weighted by Gasteiger charge is 2.12. The van der Waals surface area contributed by atoms with Gasteiger partial charge in [0.25, 0.3) is 11.8 Å². The van der Waals surface area contributed by atoms with Gasteiger partial charge in [0.15, 0.2) is 6.61 Å². The second-order valence-electron chi connectivity index (χ2n) is 6.10. The van der Waals surface area contributed by atoms with Gasteiger partial charge in [0, 0.05) is 35.4 Å². The van der Waals surface area contributed by atoms with Gasteiger partial charge in [-0.3, -0.25) is 9.59 Å². The molecule has 152 valence electrons. The van der Waals surface area contributed by atoms with Crippen LogP contribution in [0.1, 0.15) is 29.8 Å². The van der Waals surface area contributed by atoms with E-state index in [0.29, 0.717) is 29.4 Å². The van der Waals surface area contributed by atoms with Gasteiger partial charge in [-0.05, 0) is 61.9 Å². The van der Waals surface area contributed by atoms with Crippen LogP contribution in [0, 0.1) is 0 Å². The number of carbonyl (C=O) groups excluding carboxylic acids is 3. The molecule has 0 bridgehead atoms. The fourth-order valence-corrected chi connectivity index (χ4v) is 2.64. The van der Waals surface area contributed by atoms with Crippen LogP contribution in [0.2, 0.25) is 5.02 Å². The van der Waals surface area contributed by atoms with Crippen molar-refractivity contribution in [3.05, 3.63) is 70.8 Å². The zero-order chi connectivity index (χ0) is 21.2. The molecule has 0 saturated heterocycles. The van der Waals surface area contributed by atoms with Crippen LogP contribution >= 0.6 is 11.6 Å². The van der Waals surface area contributed by atoms with Gasteiger partial charge >= 0.3 is 5.97 Å². The van der Waals surface area contributed by atoms with E-state index in [1.807, 2.05) is 13.8 Å². The van der Waals surface area contributed by atoms with Gasteiger partial charge in [-0.2, -0.15) is 0 Å². The monoisotopic (exact) mass is 414 g/mol. The highest BCUT2D eigenvalue weighted by Crippen LogP contribution is 2.12. The number of esters is 1. The van der Waals surface area contributed by atoms with Gasteiger partial charge in [0.1, 0.15) is 0 Å². The molecule has 29 heavy (non-hydrogen) atoms. The highest BCUT2D eigenvalue weighted by molar-refractivity contribution is 6.30. The molecule has 2 aromatic rings. The Labute approximate surface area is 175 Å². The number of amides is 2. The van der Waals surface area contributed by atoms with Gasteiger partial charge in [-0.15, -0.1) is 0 Å². The first-order valence-corrected chi connectivity index (χ1v) is 9.60. The number of ether oxygens (including phenoxy) is 1. The zero-order valence-electron chi connectivity index (χ0n) is 16.4. The molecule has 0 fully saturated rings. The summed E-state index contributed by atoms with van der Waals surface area (Å²) in [7, 11) is 0. The molecule has 0 saturated carbocycles. The van der Waals surface area contributed by atoms with Crippen LogP contribution in [0.25, 0.3) is 6.08 Å². The summed E-state index contributed by atoms with van der Waals surface area (Å²) in [6.07, 6.45) is 2.81. The third-order valence-electron chi connectivity index (χ3n) is 4.09. The first kappa shape index (κ1) is 22.2. The Balaban J connectivity index is 1.82. The normalized spacial score (nSPS) is 10.6. The fraction of sp³-hybridized carbons (Fsp3) is 0.227. The topological polar surface area (TPSA) is 75.7 Å². The van der Waals surface area contributed by atoms with Crippen molar-refractivity contribution in [3.8, 4) is 0 Å². The number of hydrogen-bond acceptors (Lipinski definition) is 4. The van der Waals surface area contributed by atoms with Crippen molar-refractivity contribution in [2.45, 2.75) is 13.8 Å². The van der Waals surface area contributed by atoms with Crippen molar-refractivity contribution >= 4 is 41.1 Å². The van der Waals surface area contributed by atoms with E-state index in [1.165, 1.54) is 6.08 Å². The quantitative estimate of drug-likeness (QED) is 0.523. The Morgan fingerprint density at radius 3 is 2.21 bits per heavy atom. The van der Waals surface area contributed by atoms with Crippen LogP contribution in [0.4, 0.5) is 5.69 Å². The summed E-state index contributed by atoms with van der Waals surface area (Å²) in [5.74, 6) is -1.16. The molecule has 0 radical (unpaired) electrons. The average Bonchev–Trinajstić information content (AvgIpc) is 2.73. The Kier molecular flexibility index (Phi) is 8.43. The molecule has 2 rings (SSSR count). The number of halogens is 1. The lowest BCUT2D eigenvalue weighted by Gasteiger charge is -2.18. The average molecular weight is 415 g/mol. The maximum absolute atomic E-state index is 12.3. The lowest BCUT2D eigenvalue weighted by atomic mass is 10.2. The van der Waals surface area contributed by atoms with Gasteiger partial charge in [-0.1, -0.05) is 23.7 Å². The van der Waals surface area contributed by atoms with Crippen LogP contribution in [0.5, 0.6) is 0 Å². The van der Waals surface area contributed by atoms with Gasteiger partial charge in [-0.25, -0.2) is 4.79 Å². The Morgan fingerprint density at radius 1 is 1.00 bits per heavy atom. The lowest BCUT2D eigenvalue weighted by molar-refractivity contribution is -0.142. The van der Waals surface area contributed by atoms with Gasteiger partial charge in [0.2, 0.25) is 0 Å². The minimum absolute atomic E-state index is 0.0609. The maximum atomic E-state index is 12.3. The number of nitrogens with one attached hydrogen (secondary N) is 1.